The summed E-state index contributed by atoms with van der Waals surface area (Å²) in [5.74, 6) is 0. The first-order valence-corrected chi connectivity index (χ1v) is 2.34. The monoisotopic (exact) mass is 200 g/mol. The summed E-state index contributed by atoms with van der Waals surface area (Å²) in [5.41, 5.74) is 12.7. The van der Waals surface area contributed by atoms with Crippen LogP contribution in [0.2, 0.25) is 0 Å². The summed E-state index contributed by atoms with van der Waals surface area (Å²) in [5, 5.41) is 0. The third-order valence-corrected chi connectivity index (χ3v) is 0.289. The molecule has 0 rings (SSSR count). The minimum Gasteiger partial charge on any atom is -0.674 e. The van der Waals surface area contributed by atoms with Gasteiger partial charge in [-0.2, -0.15) is 0 Å². The maximum absolute atomic E-state index is 6.33. The zero-order valence-electron chi connectivity index (χ0n) is 5.69. The third kappa shape index (κ3) is 50.7. The zero-order chi connectivity index (χ0) is 6.83. The van der Waals surface area contributed by atoms with Crippen LogP contribution in [0.5, 0.6) is 0 Å². The minimum absolute atomic E-state index is 0. The maximum Gasteiger partial charge on any atom is 2.00 e. The molecule has 0 spiro atoms. The molecule has 0 aromatic rings. The van der Waals surface area contributed by atoms with E-state index in [-0.39, 0.29) is 45.5 Å². The van der Waals surface area contributed by atoms with Gasteiger partial charge in [0.1, 0.15) is 0 Å². The van der Waals surface area contributed by atoms with Gasteiger partial charge in [0, 0.05) is 0 Å². The summed E-state index contributed by atoms with van der Waals surface area (Å²) >= 11 is 0. The molecule has 0 aromatic carbocycles. The summed E-state index contributed by atoms with van der Waals surface area (Å²) in [6.07, 6.45) is 3.08. The molecule has 0 unspecified atom stereocenters. The molecule has 0 atom stereocenters. The molecule has 0 aliphatic rings. The van der Waals surface area contributed by atoms with Crippen LogP contribution in [0.1, 0.15) is 0 Å². The van der Waals surface area contributed by atoms with Gasteiger partial charge in [0.2, 0.25) is 0 Å². The average Bonchev–Trinajstić information content (AvgIpc) is 1.88. The molecule has 0 radical (unpaired) electrons. The Morgan fingerprint density at radius 3 is 1.11 bits per heavy atom. The van der Waals surface area contributed by atoms with Gasteiger partial charge in [0.15, 0.2) is 0 Å². The first kappa shape index (κ1) is 16.5. The molecule has 0 aliphatic carbocycles. The van der Waals surface area contributed by atoms with Crippen LogP contribution in [0.3, 0.4) is 0 Å². The van der Waals surface area contributed by atoms with E-state index in [1.165, 1.54) is 0 Å². The van der Waals surface area contributed by atoms with Crippen LogP contribution >= 0.6 is 0 Å². The molecule has 2 N–H and O–H groups in total. The first-order valence-electron chi connectivity index (χ1n) is 2.34. The van der Waals surface area contributed by atoms with Gasteiger partial charge in [-0.05, 0) is 0 Å². The van der Waals surface area contributed by atoms with Crippen LogP contribution in [0.25, 0.3) is 11.5 Å². The van der Waals surface area contributed by atoms with E-state index in [9.17, 15) is 0 Å². The van der Waals surface area contributed by atoms with Crippen molar-refractivity contribution in [2.75, 3.05) is 13.1 Å². The van der Waals surface area contributed by atoms with Crippen molar-refractivity contribution in [3.8, 4) is 0 Å². The van der Waals surface area contributed by atoms with E-state index in [1.54, 1.807) is 12.2 Å². The fourth-order valence-corrected chi connectivity index (χ4v) is 0. The van der Waals surface area contributed by atoms with Crippen LogP contribution in [0.15, 0.2) is 25.3 Å². The van der Waals surface area contributed by atoms with E-state index >= 15 is 0 Å². The number of hydrogen-bond donors (Lipinski definition) is 0. The SMILES string of the molecule is C=CC[NH-].C=CC[NH-].[Sr+2]. The third-order valence-electron chi connectivity index (χ3n) is 0.289. The summed E-state index contributed by atoms with van der Waals surface area (Å²) in [6.45, 7) is 7.25. The molecule has 0 bridgehead atoms. The van der Waals surface area contributed by atoms with Crippen LogP contribution in [-0.4, -0.2) is 58.6 Å². The Kier molecular flexibility index (Phi) is 42.3. The van der Waals surface area contributed by atoms with Crippen LogP contribution in [0, 0.1) is 0 Å². The van der Waals surface area contributed by atoms with Crippen LogP contribution in [0.4, 0.5) is 0 Å². The number of nitrogens with one attached hydrogen (secondary N) is 2. The van der Waals surface area contributed by atoms with Crippen LogP contribution < -0.4 is 0 Å². The second kappa shape index (κ2) is 23.2. The van der Waals surface area contributed by atoms with Crippen molar-refractivity contribution in [2.45, 2.75) is 0 Å². The molecule has 2 nitrogen and oxygen atoms in total. The first-order chi connectivity index (χ1) is 3.83. The summed E-state index contributed by atoms with van der Waals surface area (Å²) < 4.78 is 0. The molecule has 0 saturated heterocycles. The molecular weight excluding hydrogens is 188 g/mol. The molecule has 0 aliphatic heterocycles. The molecule has 0 saturated carbocycles. The van der Waals surface area contributed by atoms with E-state index in [1.807, 2.05) is 0 Å². The number of rotatable bonds is 2. The van der Waals surface area contributed by atoms with Gasteiger partial charge in [0.05, 0.1) is 0 Å². The Bertz CT molecular complexity index is 47.0. The van der Waals surface area contributed by atoms with Gasteiger partial charge in [-0.3, -0.25) is 0 Å². The largest absolute Gasteiger partial charge is 2.00 e. The topological polar surface area (TPSA) is 47.6 Å². The molecular formula is C6H12N2Sr. The van der Waals surface area contributed by atoms with Gasteiger partial charge < -0.3 is 11.5 Å². The van der Waals surface area contributed by atoms with Crippen molar-refractivity contribution in [2.24, 2.45) is 0 Å². The average molecular weight is 200 g/mol. The van der Waals surface area contributed by atoms with E-state index in [0.717, 1.165) is 0 Å². The Hall–Kier alpha value is 0.881. The second-order valence-corrected chi connectivity index (χ2v) is 0.986. The van der Waals surface area contributed by atoms with Crippen molar-refractivity contribution < 1.29 is 0 Å². The maximum atomic E-state index is 6.33. The van der Waals surface area contributed by atoms with Gasteiger partial charge >= 0.3 is 45.5 Å². The van der Waals surface area contributed by atoms with E-state index < -0.39 is 0 Å². The van der Waals surface area contributed by atoms with E-state index in [2.05, 4.69) is 13.2 Å². The van der Waals surface area contributed by atoms with Gasteiger partial charge in [-0.15, -0.1) is 38.4 Å². The quantitative estimate of drug-likeness (QED) is 0.483. The zero-order valence-corrected chi connectivity index (χ0v) is 9.17. The fraction of sp³-hybridized carbons (Fsp3) is 0.333. The Labute approximate surface area is 94.3 Å². The smallest absolute Gasteiger partial charge is 0.674 e. The van der Waals surface area contributed by atoms with Crippen molar-refractivity contribution in [3.05, 3.63) is 36.8 Å². The summed E-state index contributed by atoms with van der Waals surface area (Å²) in [4.78, 5) is 0. The normalized spacial score (nSPS) is 5.56. The Balaban J connectivity index is -0.0000000720. The molecule has 0 amide bonds. The van der Waals surface area contributed by atoms with Crippen molar-refractivity contribution in [1.82, 2.24) is 0 Å². The Morgan fingerprint density at radius 1 is 1.00 bits per heavy atom. The predicted octanol–water partition coefficient (Wildman–Crippen LogP) is 2.07. The standard InChI is InChI=1S/2C3H6N.Sr/c2*1-2-3-4;/h2*2,4H,1,3H2;/q2*-1;+2. The Morgan fingerprint density at radius 2 is 1.11 bits per heavy atom. The van der Waals surface area contributed by atoms with E-state index in [4.69, 9.17) is 11.5 Å². The molecule has 48 valence electrons. The van der Waals surface area contributed by atoms with Crippen molar-refractivity contribution >= 4 is 45.5 Å². The van der Waals surface area contributed by atoms with Gasteiger partial charge in [-0.1, -0.05) is 0 Å². The van der Waals surface area contributed by atoms with E-state index in [0.29, 0.717) is 13.1 Å². The van der Waals surface area contributed by atoms with Crippen molar-refractivity contribution in [1.29, 1.82) is 0 Å². The summed E-state index contributed by atoms with van der Waals surface area (Å²) in [7, 11) is 0. The molecule has 0 heterocycles. The van der Waals surface area contributed by atoms with Gasteiger partial charge in [-0.25, -0.2) is 0 Å². The molecule has 9 heavy (non-hydrogen) atoms. The second-order valence-electron chi connectivity index (χ2n) is 0.986. The minimum atomic E-state index is 0. The molecule has 0 fully saturated rings. The fourth-order valence-electron chi connectivity index (χ4n) is 0. The molecule has 3 heteroatoms. The van der Waals surface area contributed by atoms with Gasteiger partial charge in [0.25, 0.3) is 0 Å². The number of hydrogen-bond acceptors (Lipinski definition) is 0. The van der Waals surface area contributed by atoms with Crippen molar-refractivity contribution in [3.63, 3.8) is 0 Å². The predicted molar refractivity (Wildman–Crippen MR) is 44.5 cm³/mol. The summed E-state index contributed by atoms with van der Waals surface area (Å²) in [6, 6.07) is 0. The van der Waals surface area contributed by atoms with Crippen LogP contribution in [-0.2, 0) is 0 Å². The molecule has 0 aromatic heterocycles.